The summed E-state index contributed by atoms with van der Waals surface area (Å²) in [4.78, 5) is 7.33. The minimum atomic E-state index is 0.750. The molecule has 0 spiro atoms. The van der Waals surface area contributed by atoms with Crippen LogP contribution in [-0.2, 0) is 13.1 Å². The van der Waals surface area contributed by atoms with Gasteiger partial charge in [-0.15, -0.1) is 0 Å². The van der Waals surface area contributed by atoms with E-state index in [1.807, 2.05) is 24.3 Å². The average Bonchev–Trinajstić information content (AvgIpc) is 2.77. The second-order valence-electron chi connectivity index (χ2n) is 7.50. The summed E-state index contributed by atoms with van der Waals surface area (Å²) >= 11 is 1.66. The van der Waals surface area contributed by atoms with Crippen molar-refractivity contribution in [2.24, 2.45) is 4.99 Å². The number of aryl methyl sites for hydroxylation is 2. The molecular weight excluding hydrogens is 404 g/mol. The molecule has 4 nitrogen and oxygen atoms in total. The van der Waals surface area contributed by atoms with Crippen LogP contribution in [0.2, 0.25) is 0 Å². The van der Waals surface area contributed by atoms with Crippen molar-refractivity contribution in [2.75, 3.05) is 20.5 Å². The quantitative estimate of drug-likeness (QED) is 0.319. The Bertz CT molecular complexity index is 945. The number of thioether (sulfide) groups is 1. The summed E-state index contributed by atoms with van der Waals surface area (Å²) in [6, 6.07) is 22.9. The van der Waals surface area contributed by atoms with Crippen molar-refractivity contribution in [3.8, 4) is 11.5 Å². The van der Waals surface area contributed by atoms with Crippen LogP contribution in [0.25, 0.3) is 0 Å². The van der Waals surface area contributed by atoms with Gasteiger partial charge in [0.05, 0.1) is 19.9 Å². The molecule has 0 amide bonds. The van der Waals surface area contributed by atoms with E-state index in [0.717, 1.165) is 35.4 Å². The molecule has 0 radical (unpaired) electrons. The van der Waals surface area contributed by atoms with Crippen LogP contribution in [0.1, 0.15) is 22.3 Å². The third-order valence-corrected chi connectivity index (χ3v) is 5.66. The van der Waals surface area contributed by atoms with Gasteiger partial charge in [0.15, 0.2) is 5.17 Å². The molecular formula is C26H30N2O2S. The third kappa shape index (κ3) is 6.53. The molecule has 0 bridgehead atoms. The zero-order chi connectivity index (χ0) is 22.2. The Morgan fingerprint density at radius 2 is 1.23 bits per heavy atom. The molecule has 0 N–H and O–H groups in total. The predicted molar refractivity (Wildman–Crippen MR) is 132 cm³/mol. The van der Waals surface area contributed by atoms with Gasteiger partial charge >= 0.3 is 0 Å². The Hall–Kier alpha value is -2.92. The van der Waals surface area contributed by atoms with Gasteiger partial charge in [0.25, 0.3) is 0 Å². The molecule has 0 heterocycles. The molecule has 0 unspecified atom stereocenters. The lowest BCUT2D eigenvalue weighted by atomic mass is 10.1. The van der Waals surface area contributed by atoms with E-state index in [1.165, 1.54) is 22.3 Å². The Balaban J connectivity index is 1.93. The van der Waals surface area contributed by atoms with Crippen molar-refractivity contribution in [3.05, 3.63) is 89.0 Å². The van der Waals surface area contributed by atoms with Crippen LogP contribution in [0.5, 0.6) is 11.5 Å². The van der Waals surface area contributed by atoms with Gasteiger partial charge in [0.1, 0.15) is 11.5 Å². The maximum absolute atomic E-state index is 5.31. The van der Waals surface area contributed by atoms with Crippen LogP contribution in [0, 0.1) is 13.8 Å². The monoisotopic (exact) mass is 434 g/mol. The molecule has 0 saturated heterocycles. The number of benzene rings is 3. The first kappa shape index (κ1) is 22.8. The van der Waals surface area contributed by atoms with Crippen LogP contribution in [0.15, 0.2) is 71.7 Å². The summed E-state index contributed by atoms with van der Waals surface area (Å²) in [6.07, 6.45) is 2.08. The van der Waals surface area contributed by atoms with Gasteiger partial charge in [-0.05, 0) is 78.8 Å². The summed E-state index contributed by atoms with van der Waals surface area (Å²) < 4.78 is 10.6. The topological polar surface area (TPSA) is 34.1 Å². The van der Waals surface area contributed by atoms with Crippen molar-refractivity contribution in [1.29, 1.82) is 0 Å². The third-order valence-electron chi connectivity index (χ3n) is 4.95. The second-order valence-corrected chi connectivity index (χ2v) is 8.27. The van der Waals surface area contributed by atoms with E-state index in [2.05, 4.69) is 67.5 Å². The molecule has 3 aromatic rings. The minimum Gasteiger partial charge on any atom is -0.497 e. The molecule has 0 aliphatic carbocycles. The van der Waals surface area contributed by atoms with Crippen LogP contribution in [-0.4, -0.2) is 30.5 Å². The van der Waals surface area contributed by atoms with Crippen molar-refractivity contribution >= 4 is 22.6 Å². The first-order valence-electron chi connectivity index (χ1n) is 10.2. The largest absolute Gasteiger partial charge is 0.497 e. The van der Waals surface area contributed by atoms with Crippen molar-refractivity contribution in [1.82, 2.24) is 4.90 Å². The highest BCUT2D eigenvalue weighted by molar-refractivity contribution is 8.13. The lowest BCUT2D eigenvalue weighted by Gasteiger charge is -2.26. The highest BCUT2D eigenvalue weighted by Gasteiger charge is 2.13. The van der Waals surface area contributed by atoms with Gasteiger partial charge in [-0.1, -0.05) is 42.1 Å². The first-order valence-corrected chi connectivity index (χ1v) is 11.4. The van der Waals surface area contributed by atoms with Crippen LogP contribution in [0.4, 0.5) is 5.69 Å². The fraction of sp³-hybridized carbons (Fsp3) is 0.269. The first-order chi connectivity index (χ1) is 15.0. The van der Waals surface area contributed by atoms with Crippen LogP contribution < -0.4 is 9.47 Å². The predicted octanol–water partition coefficient (Wildman–Crippen LogP) is 6.37. The summed E-state index contributed by atoms with van der Waals surface area (Å²) in [5.74, 6) is 1.72. The normalized spacial score (nSPS) is 11.3. The van der Waals surface area contributed by atoms with E-state index in [1.54, 1.807) is 26.0 Å². The molecule has 31 heavy (non-hydrogen) atoms. The summed E-state index contributed by atoms with van der Waals surface area (Å²) in [7, 11) is 3.38. The summed E-state index contributed by atoms with van der Waals surface area (Å²) in [5.41, 5.74) is 5.83. The van der Waals surface area contributed by atoms with E-state index in [0.29, 0.717) is 0 Å². The van der Waals surface area contributed by atoms with E-state index in [-0.39, 0.29) is 0 Å². The fourth-order valence-electron chi connectivity index (χ4n) is 3.46. The lowest BCUT2D eigenvalue weighted by molar-refractivity contribution is 0.405. The Kier molecular flexibility index (Phi) is 8.01. The number of hydrogen-bond donors (Lipinski definition) is 0. The number of rotatable bonds is 7. The molecule has 0 aliphatic rings. The van der Waals surface area contributed by atoms with Crippen molar-refractivity contribution < 1.29 is 9.47 Å². The van der Waals surface area contributed by atoms with Gasteiger partial charge in [-0.3, -0.25) is 0 Å². The van der Waals surface area contributed by atoms with Crippen LogP contribution >= 0.6 is 11.8 Å². The van der Waals surface area contributed by atoms with Gasteiger partial charge in [0, 0.05) is 13.1 Å². The lowest BCUT2D eigenvalue weighted by Crippen LogP contribution is -2.27. The molecule has 3 rings (SSSR count). The molecule has 0 aromatic heterocycles. The standard InChI is InChI=1S/C26H30N2O2S/c1-19-14-20(2)16-23(15-19)27-26(31-5)28(17-21-6-10-24(29-3)11-7-21)18-22-8-12-25(30-4)13-9-22/h6-16H,17-18H2,1-5H3. The smallest absolute Gasteiger partial charge is 0.164 e. The number of methoxy groups -OCH3 is 2. The minimum absolute atomic E-state index is 0.750. The van der Waals surface area contributed by atoms with Gasteiger partial charge in [-0.25, -0.2) is 4.99 Å². The van der Waals surface area contributed by atoms with Crippen LogP contribution in [0.3, 0.4) is 0 Å². The molecule has 5 heteroatoms. The molecule has 0 saturated carbocycles. The Morgan fingerprint density at radius 1 is 0.774 bits per heavy atom. The number of amidine groups is 1. The highest BCUT2D eigenvalue weighted by Crippen LogP contribution is 2.24. The fourth-order valence-corrected chi connectivity index (χ4v) is 4.05. The molecule has 0 fully saturated rings. The number of ether oxygens (including phenoxy) is 2. The zero-order valence-corrected chi connectivity index (χ0v) is 19.7. The van der Waals surface area contributed by atoms with E-state index in [4.69, 9.17) is 14.5 Å². The van der Waals surface area contributed by atoms with E-state index < -0.39 is 0 Å². The van der Waals surface area contributed by atoms with Gasteiger partial charge in [0.2, 0.25) is 0 Å². The van der Waals surface area contributed by atoms with Crippen molar-refractivity contribution in [2.45, 2.75) is 26.9 Å². The van der Waals surface area contributed by atoms with Crippen molar-refractivity contribution in [3.63, 3.8) is 0 Å². The van der Waals surface area contributed by atoms with E-state index >= 15 is 0 Å². The summed E-state index contributed by atoms with van der Waals surface area (Å²) in [6.45, 7) is 5.72. The maximum Gasteiger partial charge on any atom is 0.164 e. The second kappa shape index (κ2) is 10.9. The Morgan fingerprint density at radius 3 is 1.61 bits per heavy atom. The maximum atomic E-state index is 5.31. The number of aliphatic imine (C=N–C) groups is 1. The van der Waals surface area contributed by atoms with Gasteiger partial charge < -0.3 is 14.4 Å². The molecule has 0 aliphatic heterocycles. The molecule has 162 valence electrons. The summed E-state index contributed by atoms with van der Waals surface area (Å²) in [5, 5.41) is 0.983. The molecule has 3 aromatic carbocycles. The van der Waals surface area contributed by atoms with E-state index in [9.17, 15) is 0 Å². The number of hydrogen-bond acceptors (Lipinski definition) is 4. The molecule has 0 atom stereocenters. The SMILES string of the molecule is COc1ccc(CN(Cc2ccc(OC)cc2)C(=Nc2cc(C)cc(C)c2)SC)cc1. The average molecular weight is 435 g/mol. The van der Waals surface area contributed by atoms with Gasteiger partial charge in [-0.2, -0.15) is 0 Å². The Labute approximate surface area is 189 Å². The number of nitrogens with zero attached hydrogens (tertiary/aromatic N) is 2. The zero-order valence-electron chi connectivity index (χ0n) is 18.9. The highest BCUT2D eigenvalue weighted by atomic mass is 32.2.